The average Bonchev–Trinajstić information content (AvgIpc) is 2.99. The fourth-order valence-electron chi connectivity index (χ4n) is 4.22. The van der Waals surface area contributed by atoms with Gasteiger partial charge in [0.2, 0.25) is 0 Å². The zero-order chi connectivity index (χ0) is 18.2. The minimum Gasteiger partial charge on any atom is -0.356 e. The van der Waals surface area contributed by atoms with Gasteiger partial charge in [-0.25, -0.2) is 0 Å². The Hall–Kier alpha value is -0.0800. The Labute approximate surface area is 178 Å². The number of nitrogens with zero attached hydrogens (tertiary/aromatic N) is 3. The van der Waals surface area contributed by atoms with Gasteiger partial charge in [-0.15, -0.1) is 24.0 Å². The molecule has 1 aliphatic heterocycles. The van der Waals surface area contributed by atoms with E-state index < -0.39 is 0 Å². The summed E-state index contributed by atoms with van der Waals surface area (Å²) in [5, 5.41) is 7.15. The molecule has 0 radical (unpaired) electrons. The zero-order valence-corrected chi connectivity index (χ0v) is 20.0. The van der Waals surface area contributed by atoms with Gasteiger partial charge in [0.1, 0.15) is 0 Å². The number of hydrogen-bond donors (Lipinski definition) is 2. The summed E-state index contributed by atoms with van der Waals surface area (Å²) in [5.74, 6) is 1.63. The third-order valence-electron chi connectivity index (χ3n) is 6.09. The maximum atomic E-state index is 4.42. The quantitative estimate of drug-likeness (QED) is 0.255. The molecule has 0 aromatic heterocycles. The number of halogens is 1. The van der Waals surface area contributed by atoms with E-state index in [0.717, 1.165) is 25.1 Å². The fraction of sp³-hybridized carbons (Fsp3) is 0.950. The van der Waals surface area contributed by atoms with Gasteiger partial charge < -0.3 is 15.5 Å². The molecule has 1 saturated heterocycles. The van der Waals surface area contributed by atoms with Crippen LogP contribution in [0, 0.1) is 5.92 Å². The summed E-state index contributed by atoms with van der Waals surface area (Å²) in [5.41, 5.74) is 0. The summed E-state index contributed by atoms with van der Waals surface area (Å²) in [6.45, 7) is 11.4. The van der Waals surface area contributed by atoms with Gasteiger partial charge in [0.25, 0.3) is 0 Å². The average molecular weight is 479 g/mol. The lowest BCUT2D eigenvalue weighted by atomic mass is 9.94. The van der Waals surface area contributed by atoms with E-state index >= 15 is 0 Å². The van der Waals surface area contributed by atoms with Crippen molar-refractivity contribution >= 4 is 29.9 Å². The van der Waals surface area contributed by atoms with E-state index in [1.54, 1.807) is 0 Å². The van der Waals surface area contributed by atoms with Crippen molar-refractivity contribution < 1.29 is 0 Å². The molecule has 6 heteroatoms. The smallest absolute Gasteiger partial charge is 0.191 e. The molecule has 2 fully saturated rings. The molecular formula is C20H42IN5. The number of hydrogen-bond acceptors (Lipinski definition) is 3. The monoisotopic (exact) mass is 479 g/mol. The normalized spacial score (nSPS) is 25.6. The van der Waals surface area contributed by atoms with Crippen LogP contribution in [-0.2, 0) is 0 Å². The molecule has 1 aliphatic carbocycles. The van der Waals surface area contributed by atoms with Crippen molar-refractivity contribution in [2.24, 2.45) is 10.9 Å². The van der Waals surface area contributed by atoms with Crippen LogP contribution in [0.4, 0.5) is 0 Å². The first kappa shape index (κ1) is 24.0. The lowest BCUT2D eigenvalue weighted by Gasteiger charge is -2.31. The highest BCUT2D eigenvalue weighted by molar-refractivity contribution is 14.0. The number of aliphatic imine (C=N–C) groups is 1. The lowest BCUT2D eigenvalue weighted by Crippen LogP contribution is -2.47. The first-order chi connectivity index (χ1) is 12.0. The molecule has 1 heterocycles. The van der Waals surface area contributed by atoms with Crippen LogP contribution in [0.25, 0.3) is 0 Å². The van der Waals surface area contributed by atoms with Crippen LogP contribution in [0.2, 0.25) is 0 Å². The minimum atomic E-state index is 0. The van der Waals surface area contributed by atoms with Crippen molar-refractivity contribution in [3.63, 3.8) is 0 Å². The molecule has 26 heavy (non-hydrogen) atoms. The Morgan fingerprint density at radius 1 is 1.19 bits per heavy atom. The van der Waals surface area contributed by atoms with Gasteiger partial charge in [0.05, 0.1) is 0 Å². The molecule has 5 nitrogen and oxygen atoms in total. The van der Waals surface area contributed by atoms with Crippen LogP contribution in [-0.4, -0.2) is 74.2 Å². The Bertz CT molecular complexity index is 409. The molecule has 2 N–H and O–H groups in total. The Morgan fingerprint density at radius 2 is 1.88 bits per heavy atom. The predicted octanol–water partition coefficient (Wildman–Crippen LogP) is 3.15. The molecule has 2 unspecified atom stereocenters. The zero-order valence-electron chi connectivity index (χ0n) is 17.6. The molecular weight excluding hydrogens is 437 g/mol. The van der Waals surface area contributed by atoms with E-state index in [9.17, 15) is 0 Å². The van der Waals surface area contributed by atoms with Crippen molar-refractivity contribution in [1.29, 1.82) is 0 Å². The number of rotatable bonds is 7. The standard InChI is InChI=1S/C20H41N5.HI/c1-16(2)25-14-17(3)19(15-25)23-20(21-4)22-12-9-13-24(5)18-10-7-6-8-11-18;/h16-19H,6-15H2,1-5H3,(H2,21,22,23);1H. The fourth-order valence-corrected chi connectivity index (χ4v) is 4.22. The van der Waals surface area contributed by atoms with E-state index in [-0.39, 0.29) is 24.0 Å². The van der Waals surface area contributed by atoms with Gasteiger partial charge in [0, 0.05) is 44.8 Å². The molecule has 0 aromatic carbocycles. The summed E-state index contributed by atoms with van der Waals surface area (Å²) in [4.78, 5) is 9.54. The second-order valence-electron chi connectivity index (χ2n) is 8.40. The summed E-state index contributed by atoms with van der Waals surface area (Å²) >= 11 is 0. The van der Waals surface area contributed by atoms with E-state index in [4.69, 9.17) is 0 Å². The van der Waals surface area contributed by atoms with Crippen LogP contribution in [0.1, 0.15) is 59.3 Å². The molecule has 0 bridgehead atoms. The van der Waals surface area contributed by atoms with E-state index in [0.29, 0.717) is 18.0 Å². The molecule has 2 atom stereocenters. The second-order valence-corrected chi connectivity index (χ2v) is 8.40. The van der Waals surface area contributed by atoms with Crippen LogP contribution in [0.3, 0.4) is 0 Å². The van der Waals surface area contributed by atoms with Crippen LogP contribution < -0.4 is 10.6 Å². The maximum absolute atomic E-state index is 4.42. The highest BCUT2D eigenvalue weighted by Gasteiger charge is 2.31. The molecule has 2 aliphatic rings. The number of guanidine groups is 1. The summed E-state index contributed by atoms with van der Waals surface area (Å²) in [7, 11) is 4.17. The minimum absolute atomic E-state index is 0. The first-order valence-electron chi connectivity index (χ1n) is 10.4. The third-order valence-corrected chi connectivity index (χ3v) is 6.09. The number of nitrogens with one attached hydrogen (secondary N) is 2. The summed E-state index contributed by atoms with van der Waals surface area (Å²) < 4.78 is 0. The molecule has 0 aromatic rings. The maximum Gasteiger partial charge on any atom is 0.191 e. The second kappa shape index (κ2) is 12.4. The van der Waals surface area contributed by atoms with Gasteiger partial charge in [0.15, 0.2) is 5.96 Å². The van der Waals surface area contributed by atoms with E-state index in [1.165, 1.54) is 51.6 Å². The summed E-state index contributed by atoms with van der Waals surface area (Å²) in [6.07, 6.45) is 8.21. The Morgan fingerprint density at radius 3 is 2.46 bits per heavy atom. The predicted molar refractivity (Wildman–Crippen MR) is 124 cm³/mol. The third kappa shape index (κ3) is 7.50. The molecule has 154 valence electrons. The SMILES string of the molecule is CN=C(NCCCN(C)C1CCCCC1)NC1CN(C(C)C)CC1C.I. The highest BCUT2D eigenvalue weighted by Crippen LogP contribution is 2.21. The van der Waals surface area contributed by atoms with Crippen LogP contribution in [0.15, 0.2) is 4.99 Å². The highest BCUT2D eigenvalue weighted by atomic mass is 127. The molecule has 2 rings (SSSR count). The molecule has 1 saturated carbocycles. The number of likely N-dealkylation sites (tertiary alicyclic amines) is 1. The van der Waals surface area contributed by atoms with E-state index in [2.05, 4.69) is 53.2 Å². The van der Waals surface area contributed by atoms with Crippen molar-refractivity contribution in [1.82, 2.24) is 20.4 Å². The lowest BCUT2D eigenvalue weighted by molar-refractivity contribution is 0.190. The first-order valence-corrected chi connectivity index (χ1v) is 10.4. The van der Waals surface area contributed by atoms with Gasteiger partial charge in [-0.3, -0.25) is 9.89 Å². The Balaban J connectivity index is 0.00000338. The van der Waals surface area contributed by atoms with Gasteiger partial charge >= 0.3 is 0 Å². The van der Waals surface area contributed by atoms with E-state index in [1.807, 2.05) is 7.05 Å². The molecule has 0 amide bonds. The topological polar surface area (TPSA) is 42.9 Å². The van der Waals surface area contributed by atoms with Crippen molar-refractivity contribution in [3.8, 4) is 0 Å². The Kier molecular flexibility index (Phi) is 11.4. The van der Waals surface area contributed by atoms with Crippen LogP contribution >= 0.6 is 24.0 Å². The van der Waals surface area contributed by atoms with Crippen molar-refractivity contribution in [2.75, 3.05) is 40.3 Å². The van der Waals surface area contributed by atoms with Crippen LogP contribution in [0.5, 0.6) is 0 Å². The largest absolute Gasteiger partial charge is 0.356 e. The van der Waals surface area contributed by atoms with Gasteiger partial charge in [-0.2, -0.15) is 0 Å². The molecule has 0 spiro atoms. The van der Waals surface area contributed by atoms with Gasteiger partial charge in [-0.1, -0.05) is 26.2 Å². The van der Waals surface area contributed by atoms with Crippen molar-refractivity contribution in [3.05, 3.63) is 0 Å². The van der Waals surface area contributed by atoms with Gasteiger partial charge in [-0.05, 0) is 52.6 Å². The van der Waals surface area contributed by atoms with Crippen molar-refractivity contribution in [2.45, 2.75) is 77.4 Å². The summed E-state index contributed by atoms with van der Waals surface area (Å²) in [6, 6.07) is 1.94.